The number of nitrogens with zero attached hydrogens (tertiary/aromatic N) is 1. The zero-order valence-electron chi connectivity index (χ0n) is 21.7. The molecule has 1 aliphatic rings. The number of aromatic amines is 1. The number of ether oxygens (including phenoxy) is 2. The number of allylic oxidation sites excluding steroid dienone is 1. The molecule has 38 heavy (non-hydrogen) atoms. The fraction of sp³-hybridized carbons (Fsp3) is 0.480. The predicted molar refractivity (Wildman–Crippen MR) is 140 cm³/mol. The number of aliphatic hydroxyl groups excluding tert-OH is 1. The first kappa shape index (κ1) is 29.5. The van der Waals surface area contributed by atoms with Gasteiger partial charge in [0.1, 0.15) is 24.1 Å². The molecule has 1 aromatic carbocycles. The molecule has 2 aromatic rings. The summed E-state index contributed by atoms with van der Waals surface area (Å²) in [5.41, 5.74) is -1.00. The molecule has 0 saturated carbocycles. The van der Waals surface area contributed by atoms with Gasteiger partial charge in [-0.25, -0.2) is 9.36 Å². The van der Waals surface area contributed by atoms with Crippen LogP contribution in [0.3, 0.4) is 0 Å². The third-order valence-corrected chi connectivity index (χ3v) is 7.31. The van der Waals surface area contributed by atoms with Crippen molar-refractivity contribution < 1.29 is 33.0 Å². The molecule has 13 heteroatoms. The number of methoxy groups -OCH3 is 1. The maximum absolute atomic E-state index is 13.8. The van der Waals surface area contributed by atoms with E-state index in [0.29, 0.717) is 6.42 Å². The average molecular weight is 552 g/mol. The lowest BCUT2D eigenvalue weighted by molar-refractivity contribution is -0.143. The number of carbonyl (C=O) groups is 1. The van der Waals surface area contributed by atoms with Crippen LogP contribution >= 0.6 is 7.75 Å². The Morgan fingerprint density at radius 1 is 1.32 bits per heavy atom. The Morgan fingerprint density at radius 3 is 2.66 bits per heavy atom. The van der Waals surface area contributed by atoms with E-state index in [0.717, 1.165) is 0 Å². The highest BCUT2D eigenvalue weighted by atomic mass is 31.2. The molecule has 4 unspecified atom stereocenters. The van der Waals surface area contributed by atoms with E-state index in [1.807, 2.05) is 13.8 Å². The molecule has 0 bridgehead atoms. The first-order valence-electron chi connectivity index (χ1n) is 12.2. The summed E-state index contributed by atoms with van der Waals surface area (Å²) in [6.45, 7) is 5.13. The first-order valence-corrected chi connectivity index (χ1v) is 13.8. The summed E-state index contributed by atoms with van der Waals surface area (Å²) in [5.74, 6) is -0.343. The molecule has 2 heterocycles. The molecule has 1 aromatic heterocycles. The molecule has 0 aliphatic carbocycles. The van der Waals surface area contributed by atoms with Gasteiger partial charge in [-0.2, -0.15) is 5.09 Å². The molecule has 3 rings (SSSR count). The Balaban J connectivity index is 1.80. The van der Waals surface area contributed by atoms with Crippen molar-refractivity contribution in [3.63, 3.8) is 0 Å². The van der Waals surface area contributed by atoms with Gasteiger partial charge in [0, 0.05) is 12.6 Å². The van der Waals surface area contributed by atoms with Crippen LogP contribution in [-0.4, -0.2) is 52.6 Å². The summed E-state index contributed by atoms with van der Waals surface area (Å²) in [5, 5.41) is 13.3. The molecule has 5 atom stereocenters. The fourth-order valence-electron chi connectivity index (χ4n) is 3.94. The summed E-state index contributed by atoms with van der Waals surface area (Å²) in [6.07, 6.45) is 1.88. The molecule has 0 radical (unpaired) electrons. The molecule has 12 nitrogen and oxygen atoms in total. The van der Waals surface area contributed by atoms with Gasteiger partial charge in [0.25, 0.3) is 5.56 Å². The highest BCUT2D eigenvalue weighted by Crippen LogP contribution is 2.46. The van der Waals surface area contributed by atoms with Gasteiger partial charge in [0.05, 0.1) is 25.4 Å². The standard InChI is InChI=1S/C25H34N3O9P/c1-5-9-17-14-28(25(32)26-23(17)30)22-13-20(29)21(36-22)15-35-38(33,37-18-10-7-6-8-11-18)27-19(12-16(2)3)24(31)34-4/h5-11,14,16,19-22,29H,12-13,15H2,1-4H3,(H,27,33)(H,26,30,32)/b9-5+/t19-,20?,21?,22?,38?/m0/s1. The lowest BCUT2D eigenvalue weighted by Gasteiger charge is -2.26. The Bertz CT molecular complexity index is 1270. The summed E-state index contributed by atoms with van der Waals surface area (Å²) in [7, 11) is -2.96. The minimum atomic E-state index is -4.19. The Morgan fingerprint density at radius 2 is 2.03 bits per heavy atom. The van der Waals surface area contributed by atoms with Crippen LogP contribution in [0.5, 0.6) is 5.75 Å². The first-order chi connectivity index (χ1) is 18.0. The molecular weight excluding hydrogens is 517 g/mol. The number of benzene rings is 1. The van der Waals surface area contributed by atoms with Crippen LogP contribution in [0.1, 0.15) is 45.4 Å². The Hall–Kier alpha value is -3.02. The summed E-state index contributed by atoms with van der Waals surface area (Å²) in [6, 6.07) is 7.30. The molecule has 1 fully saturated rings. The molecular formula is C25H34N3O9P. The second-order valence-corrected chi connectivity index (χ2v) is 10.9. The third-order valence-electron chi connectivity index (χ3n) is 5.74. The second-order valence-electron chi connectivity index (χ2n) is 9.22. The molecule has 0 amide bonds. The number of hydrogen-bond acceptors (Lipinski definition) is 9. The van der Waals surface area contributed by atoms with Crippen LogP contribution < -0.4 is 20.9 Å². The highest BCUT2D eigenvalue weighted by Gasteiger charge is 2.40. The van der Waals surface area contributed by atoms with Crippen molar-refractivity contribution in [3.8, 4) is 5.75 Å². The zero-order chi connectivity index (χ0) is 27.9. The SMILES string of the molecule is C/C=C/c1cn(C2CC(O)C(COP(=O)(N[C@@H](CC(C)C)C(=O)OC)Oc3ccccc3)O2)c(=O)[nH]c1=O. The Labute approximate surface area is 220 Å². The lowest BCUT2D eigenvalue weighted by Crippen LogP contribution is -2.39. The van der Waals surface area contributed by atoms with E-state index < -0.39 is 49.4 Å². The molecule has 1 aliphatic heterocycles. The van der Waals surface area contributed by atoms with Gasteiger partial charge in [-0.3, -0.25) is 23.7 Å². The number of rotatable bonds is 12. The third kappa shape index (κ3) is 7.75. The molecule has 0 spiro atoms. The molecule has 208 valence electrons. The van der Waals surface area contributed by atoms with E-state index in [2.05, 4.69) is 10.1 Å². The van der Waals surface area contributed by atoms with Gasteiger partial charge in [-0.05, 0) is 31.4 Å². The van der Waals surface area contributed by atoms with E-state index in [1.165, 1.54) is 17.9 Å². The van der Waals surface area contributed by atoms with Crippen LogP contribution in [-0.2, 0) is 23.4 Å². The summed E-state index contributed by atoms with van der Waals surface area (Å²) < 4.78 is 37.0. The highest BCUT2D eigenvalue weighted by molar-refractivity contribution is 7.52. The number of carbonyl (C=O) groups excluding carboxylic acids is 1. The van der Waals surface area contributed by atoms with Gasteiger partial charge in [0.2, 0.25) is 0 Å². The Kier molecular flexibility index (Phi) is 10.2. The van der Waals surface area contributed by atoms with Crippen molar-refractivity contribution in [1.82, 2.24) is 14.6 Å². The van der Waals surface area contributed by atoms with Crippen molar-refractivity contribution in [1.29, 1.82) is 0 Å². The van der Waals surface area contributed by atoms with Gasteiger partial charge in [-0.1, -0.05) is 44.2 Å². The molecule has 1 saturated heterocycles. The van der Waals surface area contributed by atoms with Gasteiger partial charge < -0.3 is 19.1 Å². The van der Waals surface area contributed by atoms with Crippen LogP contribution in [0.4, 0.5) is 0 Å². The monoisotopic (exact) mass is 551 g/mol. The zero-order valence-corrected chi connectivity index (χ0v) is 22.6. The number of esters is 1. The van der Waals surface area contributed by atoms with E-state index in [9.17, 15) is 24.1 Å². The van der Waals surface area contributed by atoms with E-state index in [4.69, 9.17) is 18.5 Å². The number of para-hydroxylation sites is 1. The van der Waals surface area contributed by atoms with Crippen molar-refractivity contribution in [3.05, 3.63) is 69.0 Å². The van der Waals surface area contributed by atoms with Gasteiger partial charge in [0.15, 0.2) is 0 Å². The summed E-state index contributed by atoms with van der Waals surface area (Å²) in [4.78, 5) is 39.0. The second kappa shape index (κ2) is 13.2. The van der Waals surface area contributed by atoms with Crippen LogP contribution in [0, 0.1) is 5.92 Å². The number of H-pyrrole nitrogens is 1. The molecule has 3 N–H and O–H groups in total. The van der Waals surface area contributed by atoms with E-state index in [-0.39, 0.29) is 30.3 Å². The van der Waals surface area contributed by atoms with E-state index in [1.54, 1.807) is 49.4 Å². The van der Waals surface area contributed by atoms with Crippen molar-refractivity contribution in [2.45, 2.75) is 58.1 Å². The topological polar surface area (TPSA) is 158 Å². The van der Waals surface area contributed by atoms with Gasteiger partial charge in [-0.15, -0.1) is 0 Å². The maximum atomic E-state index is 13.8. The van der Waals surface area contributed by atoms with Gasteiger partial charge >= 0.3 is 19.4 Å². The van der Waals surface area contributed by atoms with Crippen LogP contribution in [0.25, 0.3) is 6.08 Å². The largest absolute Gasteiger partial charge is 0.468 e. The number of nitrogens with one attached hydrogen (secondary N) is 2. The predicted octanol–water partition coefficient (Wildman–Crippen LogP) is 2.60. The minimum Gasteiger partial charge on any atom is -0.468 e. The number of hydrogen-bond donors (Lipinski definition) is 3. The summed E-state index contributed by atoms with van der Waals surface area (Å²) >= 11 is 0. The smallest absolute Gasteiger partial charge is 0.459 e. The maximum Gasteiger partial charge on any atom is 0.459 e. The number of aliphatic hydroxyl groups is 1. The van der Waals surface area contributed by atoms with Crippen LogP contribution in [0.15, 0.2) is 52.2 Å². The average Bonchev–Trinajstić information content (AvgIpc) is 3.24. The lowest BCUT2D eigenvalue weighted by atomic mass is 10.1. The van der Waals surface area contributed by atoms with Crippen LogP contribution in [0.2, 0.25) is 0 Å². The number of aromatic nitrogens is 2. The fourth-order valence-corrected chi connectivity index (χ4v) is 5.45. The van der Waals surface area contributed by atoms with E-state index >= 15 is 0 Å². The minimum absolute atomic E-state index is 0.0185. The normalized spacial score (nSPS) is 21.9. The van der Waals surface area contributed by atoms with Crippen molar-refractivity contribution >= 4 is 19.8 Å². The van der Waals surface area contributed by atoms with Crippen molar-refractivity contribution in [2.24, 2.45) is 5.92 Å². The quantitative estimate of drug-likeness (QED) is 0.264. The van der Waals surface area contributed by atoms with Crippen molar-refractivity contribution in [2.75, 3.05) is 13.7 Å².